The van der Waals surface area contributed by atoms with Crippen LogP contribution in [0.2, 0.25) is 0 Å². The lowest BCUT2D eigenvalue weighted by Gasteiger charge is -2.17. The van der Waals surface area contributed by atoms with Gasteiger partial charge in [0.25, 0.3) is 0 Å². The zero-order valence-electron chi connectivity index (χ0n) is 12.6. The first-order valence-electron chi connectivity index (χ1n) is 7.48. The molecule has 0 aliphatic carbocycles. The summed E-state index contributed by atoms with van der Waals surface area (Å²) in [6, 6.07) is 7.98. The Bertz CT molecular complexity index is 599. The van der Waals surface area contributed by atoms with Crippen molar-refractivity contribution in [1.29, 1.82) is 5.26 Å². The van der Waals surface area contributed by atoms with Crippen LogP contribution in [-0.4, -0.2) is 23.9 Å². The van der Waals surface area contributed by atoms with E-state index in [0.29, 0.717) is 12.1 Å². The Morgan fingerprint density at radius 1 is 1.33 bits per heavy atom. The first-order chi connectivity index (χ1) is 10.2. The number of nitrogens with zero attached hydrogens (tertiary/aromatic N) is 2. The van der Waals surface area contributed by atoms with Crippen molar-refractivity contribution in [2.45, 2.75) is 33.1 Å². The van der Waals surface area contributed by atoms with Crippen LogP contribution in [0.4, 0.5) is 5.69 Å². The molecule has 0 saturated carbocycles. The number of nitriles is 1. The summed E-state index contributed by atoms with van der Waals surface area (Å²) in [6.07, 6.45) is 4.52. The minimum atomic E-state index is 0.0471. The van der Waals surface area contributed by atoms with Crippen molar-refractivity contribution in [3.05, 3.63) is 41.1 Å². The third-order valence-corrected chi connectivity index (χ3v) is 3.54. The van der Waals surface area contributed by atoms with Crippen LogP contribution < -0.4 is 5.32 Å². The summed E-state index contributed by atoms with van der Waals surface area (Å²) in [5, 5.41) is 12.6. The second-order valence-corrected chi connectivity index (χ2v) is 5.26. The van der Waals surface area contributed by atoms with Crippen LogP contribution in [0.15, 0.2) is 30.0 Å². The van der Waals surface area contributed by atoms with Crippen LogP contribution in [0.3, 0.4) is 0 Å². The van der Waals surface area contributed by atoms with Gasteiger partial charge in [-0.05, 0) is 24.5 Å². The summed E-state index contributed by atoms with van der Waals surface area (Å²) in [5.41, 5.74) is 3.47. The van der Waals surface area contributed by atoms with Crippen molar-refractivity contribution in [3.8, 4) is 6.07 Å². The highest BCUT2D eigenvalue weighted by Crippen LogP contribution is 2.25. The van der Waals surface area contributed by atoms with E-state index in [9.17, 15) is 10.1 Å². The van der Waals surface area contributed by atoms with Gasteiger partial charge in [-0.1, -0.05) is 32.4 Å². The van der Waals surface area contributed by atoms with Crippen LogP contribution in [-0.2, 0) is 11.2 Å². The number of hydrogen-bond donors (Lipinski definition) is 1. The lowest BCUT2D eigenvalue weighted by Crippen LogP contribution is -2.27. The minimum Gasteiger partial charge on any atom is -0.356 e. The highest BCUT2D eigenvalue weighted by Gasteiger charge is 2.21. The van der Waals surface area contributed by atoms with Gasteiger partial charge in [0.2, 0.25) is 5.91 Å². The van der Waals surface area contributed by atoms with Crippen LogP contribution in [0.5, 0.6) is 0 Å². The normalized spacial score (nSPS) is 14.0. The number of benzene rings is 1. The fraction of sp³-hybridized carbons (Fsp3) is 0.412. The summed E-state index contributed by atoms with van der Waals surface area (Å²) in [7, 11) is 0. The Morgan fingerprint density at radius 2 is 2.14 bits per heavy atom. The number of nitrogens with one attached hydrogen (secondary N) is 1. The van der Waals surface area contributed by atoms with E-state index in [-0.39, 0.29) is 5.91 Å². The van der Waals surface area contributed by atoms with Gasteiger partial charge in [0.1, 0.15) is 6.07 Å². The zero-order chi connectivity index (χ0) is 15.2. The number of amides is 1. The Labute approximate surface area is 126 Å². The standard InChI is InChI=1S/C17H21N3O/c1-3-6-13-7-5-8-14(11-18)17(13)19-15-10-16(21)20(12-15)9-4-2/h5,7-8,10,19H,3-4,6,9,12H2,1-2H3. The van der Waals surface area contributed by atoms with E-state index in [2.05, 4.69) is 25.2 Å². The maximum atomic E-state index is 11.9. The first kappa shape index (κ1) is 15.1. The first-order valence-corrected chi connectivity index (χ1v) is 7.48. The molecule has 21 heavy (non-hydrogen) atoms. The third-order valence-electron chi connectivity index (χ3n) is 3.54. The molecule has 1 aliphatic rings. The van der Waals surface area contributed by atoms with Crippen molar-refractivity contribution in [2.24, 2.45) is 0 Å². The van der Waals surface area contributed by atoms with E-state index in [1.807, 2.05) is 23.1 Å². The molecular weight excluding hydrogens is 262 g/mol. The van der Waals surface area contributed by atoms with Crippen molar-refractivity contribution in [1.82, 2.24) is 4.90 Å². The molecule has 4 nitrogen and oxygen atoms in total. The molecule has 4 heteroatoms. The molecule has 1 aromatic rings. The van der Waals surface area contributed by atoms with Crippen LogP contribution in [0.25, 0.3) is 0 Å². The Balaban J connectivity index is 2.22. The van der Waals surface area contributed by atoms with Gasteiger partial charge in [0.15, 0.2) is 0 Å². The summed E-state index contributed by atoms with van der Waals surface area (Å²) < 4.78 is 0. The fourth-order valence-electron chi connectivity index (χ4n) is 2.58. The molecule has 2 rings (SSSR count). The van der Waals surface area contributed by atoms with Gasteiger partial charge in [-0.3, -0.25) is 4.79 Å². The van der Waals surface area contributed by atoms with Gasteiger partial charge in [0, 0.05) is 18.3 Å². The predicted molar refractivity (Wildman–Crippen MR) is 83.7 cm³/mol. The van der Waals surface area contributed by atoms with Gasteiger partial charge in [-0.15, -0.1) is 0 Å². The molecule has 1 amide bonds. The van der Waals surface area contributed by atoms with Crippen LogP contribution in [0.1, 0.15) is 37.8 Å². The highest BCUT2D eigenvalue weighted by atomic mass is 16.2. The summed E-state index contributed by atoms with van der Waals surface area (Å²) in [4.78, 5) is 13.7. The minimum absolute atomic E-state index is 0.0471. The predicted octanol–water partition coefficient (Wildman–Crippen LogP) is 3.06. The molecule has 1 aromatic carbocycles. The maximum Gasteiger partial charge on any atom is 0.248 e. The fourth-order valence-corrected chi connectivity index (χ4v) is 2.58. The van der Waals surface area contributed by atoms with Gasteiger partial charge < -0.3 is 10.2 Å². The van der Waals surface area contributed by atoms with Crippen molar-refractivity contribution < 1.29 is 4.79 Å². The molecule has 110 valence electrons. The van der Waals surface area contributed by atoms with Gasteiger partial charge in [-0.2, -0.15) is 5.26 Å². The molecule has 0 unspecified atom stereocenters. The second-order valence-electron chi connectivity index (χ2n) is 5.26. The third kappa shape index (κ3) is 3.43. The van der Waals surface area contributed by atoms with Crippen molar-refractivity contribution in [3.63, 3.8) is 0 Å². The van der Waals surface area contributed by atoms with Crippen molar-refractivity contribution >= 4 is 11.6 Å². The number of carbonyl (C=O) groups excluding carboxylic acids is 1. The average Bonchev–Trinajstić information content (AvgIpc) is 2.81. The molecule has 1 heterocycles. The number of hydrogen-bond acceptors (Lipinski definition) is 3. The van der Waals surface area contributed by atoms with E-state index in [1.54, 1.807) is 6.08 Å². The van der Waals surface area contributed by atoms with Gasteiger partial charge >= 0.3 is 0 Å². The summed E-state index contributed by atoms with van der Waals surface area (Å²) >= 11 is 0. The smallest absolute Gasteiger partial charge is 0.248 e. The number of anilines is 1. The number of para-hydroxylation sites is 1. The van der Waals surface area contributed by atoms with Crippen LogP contribution in [0, 0.1) is 11.3 Å². The van der Waals surface area contributed by atoms with E-state index in [4.69, 9.17) is 0 Å². The quantitative estimate of drug-likeness (QED) is 0.873. The van der Waals surface area contributed by atoms with Crippen molar-refractivity contribution in [2.75, 3.05) is 18.4 Å². The number of aryl methyl sites for hydroxylation is 1. The van der Waals surface area contributed by atoms with E-state index < -0.39 is 0 Å². The SMILES string of the molecule is CCCc1cccc(C#N)c1NC1=CC(=O)N(CCC)C1. The molecule has 0 fully saturated rings. The van der Waals surface area contributed by atoms with E-state index in [1.165, 1.54) is 0 Å². The van der Waals surface area contributed by atoms with E-state index in [0.717, 1.165) is 42.8 Å². The van der Waals surface area contributed by atoms with E-state index >= 15 is 0 Å². The van der Waals surface area contributed by atoms with Gasteiger partial charge in [0.05, 0.1) is 17.8 Å². The number of rotatable bonds is 6. The van der Waals surface area contributed by atoms with Crippen LogP contribution >= 0.6 is 0 Å². The molecule has 0 aromatic heterocycles. The average molecular weight is 283 g/mol. The Morgan fingerprint density at radius 3 is 2.81 bits per heavy atom. The lowest BCUT2D eigenvalue weighted by atomic mass is 10.0. The molecule has 0 bridgehead atoms. The molecule has 0 spiro atoms. The molecule has 0 radical (unpaired) electrons. The second kappa shape index (κ2) is 6.94. The molecular formula is C17H21N3O. The number of carbonyl (C=O) groups is 1. The molecule has 0 atom stereocenters. The Kier molecular flexibility index (Phi) is 4.99. The molecule has 1 aliphatic heterocycles. The zero-order valence-corrected chi connectivity index (χ0v) is 12.6. The monoisotopic (exact) mass is 283 g/mol. The largest absolute Gasteiger partial charge is 0.356 e. The Hall–Kier alpha value is -2.28. The lowest BCUT2D eigenvalue weighted by molar-refractivity contribution is -0.124. The summed E-state index contributed by atoms with van der Waals surface area (Å²) in [6.45, 7) is 5.54. The topological polar surface area (TPSA) is 56.1 Å². The highest BCUT2D eigenvalue weighted by molar-refractivity contribution is 5.92. The summed E-state index contributed by atoms with van der Waals surface area (Å²) in [5.74, 6) is 0.0471. The van der Waals surface area contributed by atoms with Gasteiger partial charge in [-0.25, -0.2) is 0 Å². The molecule has 0 saturated heterocycles. The maximum absolute atomic E-state index is 11.9. The molecule has 1 N–H and O–H groups in total.